The Morgan fingerprint density at radius 1 is 0.387 bits per heavy atom. The molecule has 0 atom stereocenters. The molecule has 3 aromatic heterocycles. The molecule has 3 nitrogen and oxygen atoms in total. The van der Waals surface area contributed by atoms with Crippen molar-refractivity contribution >= 4 is 103 Å². The summed E-state index contributed by atoms with van der Waals surface area (Å²) in [6.45, 7) is 0. The van der Waals surface area contributed by atoms with E-state index >= 15 is 0 Å². The van der Waals surface area contributed by atoms with Crippen molar-refractivity contribution in [3.05, 3.63) is 218 Å². The Kier molecular flexibility index (Phi) is 7.78. The number of hydrogen-bond acceptors (Lipinski definition) is 3. The minimum atomic E-state index is 0.874. The van der Waals surface area contributed by atoms with E-state index in [2.05, 4.69) is 228 Å². The number of benzene rings is 10. The zero-order valence-electron chi connectivity index (χ0n) is 33.5. The Morgan fingerprint density at radius 3 is 1.92 bits per heavy atom. The molecule has 0 fully saturated rings. The first-order valence-electron chi connectivity index (χ1n) is 21.1. The van der Waals surface area contributed by atoms with E-state index < -0.39 is 0 Å². The minimum Gasteiger partial charge on any atom is -0.455 e. The molecule has 0 aliphatic rings. The second-order valence-corrected chi connectivity index (χ2v) is 17.2. The average Bonchev–Trinajstić information content (AvgIpc) is 4.01. The summed E-state index contributed by atoms with van der Waals surface area (Å²) < 4.78 is 11.6. The van der Waals surface area contributed by atoms with Gasteiger partial charge in [0.15, 0.2) is 0 Å². The monoisotopic (exact) mass is 808 g/mol. The van der Waals surface area contributed by atoms with Crippen molar-refractivity contribution in [1.29, 1.82) is 0 Å². The van der Waals surface area contributed by atoms with E-state index in [0.717, 1.165) is 61.4 Å². The van der Waals surface area contributed by atoms with Gasteiger partial charge in [0, 0.05) is 75.4 Å². The van der Waals surface area contributed by atoms with Crippen LogP contribution in [0.3, 0.4) is 0 Å². The molecule has 0 amide bonds. The van der Waals surface area contributed by atoms with E-state index in [1.54, 1.807) is 0 Å². The van der Waals surface area contributed by atoms with Crippen LogP contribution in [-0.2, 0) is 0 Å². The van der Waals surface area contributed by atoms with Gasteiger partial charge in [-0.05, 0) is 88.8 Å². The molecule has 3 heterocycles. The third-order valence-electron chi connectivity index (χ3n) is 12.6. The summed E-state index contributed by atoms with van der Waals surface area (Å²) in [7, 11) is 0. The van der Waals surface area contributed by atoms with Gasteiger partial charge in [-0.2, -0.15) is 0 Å². The van der Waals surface area contributed by atoms with Crippen LogP contribution in [-0.4, -0.2) is 4.57 Å². The predicted octanol–water partition coefficient (Wildman–Crippen LogP) is 17.0. The smallest absolute Gasteiger partial charge is 0.143 e. The van der Waals surface area contributed by atoms with Gasteiger partial charge >= 0.3 is 0 Å². The fourth-order valence-corrected chi connectivity index (χ4v) is 10.8. The van der Waals surface area contributed by atoms with Crippen LogP contribution in [0.1, 0.15) is 0 Å². The van der Waals surface area contributed by atoms with Crippen LogP contribution in [0, 0.1) is 0 Å². The number of para-hydroxylation sites is 2. The molecule has 0 N–H and O–H groups in total. The second-order valence-electron chi connectivity index (χ2n) is 16.1. The van der Waals surface area contributed by atoms with Crippen molar-refractivity contribution in [3.63, 3.8) is 0 Å². The van der Waals surface area contributed by atoms with Crippen LogP contribution in [0.2, 0.25) is 0 Å². The largest absolute Gasteiger partial charge is 0.455 e. The standard InChI is InChI=1S/C58H36N2OS/c1-3-12-38(13-4-1)46-19-11-20-51-52-35-43(29-33-54(52)61-58(46)51)59(44-28-32-49-48-18-9-10-21-55(48)62-56(49)36-44)42-26-22-37(23-27-42)40-25-30-47-50-31-24-39-14-7-8-17-45(39)57(50)60(53(47)34-40)41-15-5-2-6-16-41/h1-36H. The van der Waals surface area contributed by atoms with E-state index in [4.69, 9.17) is 4.42 Å². The fourth-order valence-electron chi connectivity index (χ4n) is 9.68. The number of thiophene rings is 1. The quantitative estimate of drug-likeness (QED) is 0.167. The number of aromatic nitrogens is 1. The summed E-state index contributed by atoms with van der Waals surface area (Å²) in [6, 6.07) is 79.2. The van der Waals surface area contributed by atoms with Crippen molar-refractivity contribution in [2.75, 3.05) is 4.90 Å². The molecule has 0 bridgehead atoms. The summed E-state index contributed by atoms with van der Waals surface area (Å²) >= 11 is 1.85. The Hall–Kier alpha value is -7.92. The molecule has 0 radical (unpaired) electrons. The molecule has 62 heavy (non-hydrogen) atoms. The minimum absolute atomic E-state index is 0.874. The highest BCUT2D eigenvalue weighted by Gasteiger charge is 2.20. The van der Waals surface area contributed by atoms with E-state index in [1.165, 1.54) is 58.3 Å². The number of fused-ring (bicyclic) bond motifs is 11. The van der Waals surface area contributed by atoms with Gasteiger partial charge in [0.2, 0.25) is 0 Å². The molecule has 10 aromatic carbocycles. The van der Waals surface area contributed by atoms with Crippen molar-refractivity contribution in [3.8, 4) is 27.9 Å². The third kappa shape index (κ3) is 5.44. The summed E-state index contributed by atoms with van der Waals surface area (Å²) in [5.74, 6) is 0. The second kappa shape index (κ2) is 13.8. The van der Waals surface area contributed by atoms with E-state index in [0.29, 0.717) is 0 Å². The van der Waals surface area contributed by atoms with Gasteiger partial charge in [-0.15, -0.1) is 11.3 Å². The Morgan fingerprint density at radius 2 is 1.05 bits per heavy atom. The number of nitrogens with zero attached hydrogens (tertiary/aromatic N) is 2. The van der Waals surface area contributed by atoms with E-state index in [-0.39, 0.29) is 0 Å². The zero-order valence-corrected chi connectivity index (χ0v) is 34.3. The first-order valence-corrected chi connectivity index (χ1v) is 21.9. The molecule has 13 rings (SSSR count). The molecule has 0 spiro atoms. The summed E-state index contributed by atoms with van der Waals surface area (Å²) in [5.41, 5.74) is 13.2. The van der Waals surface area contributed by atoms with E-state index in [1.807, 2.05) is 11.3 Å². The van der Waals surface area contributed by atoms with Crippen molar-refractivity contribution in [2.45, 2.75) is 0 Å². The lowest BCUT2D eigenvalue weighted by molar-refractivity contribution is 0.670. The van der Waals surface area contributed by atoms with Crippen LogP contribution in [0.25, 0.3) is 103 Å². The average molecular weight is 809 g/mol. The van der Waals surface area contributed by atoms with Gasteiger partial charge in [-0.3, -0.25) is 0 Å². The molecule has 0 saturated heterocycles. The van der Waals surface area contributed by atoms with Crippen LogP contribution < -0.4 is 4.90 Å². The molecule has 13 aromatic rings. The lowest BCUT2D eigenvalue weighted by Crippen LogP contribution is -2.09. The highest BCUT2D eigenvalue weighted by atomic mass is 32.1. The molecular weight excluding hydrogens is 773 g/mol. The zero-order chi connectivity index (χ0) is 40.7. The molecule has 290 valence electrons. The molecule has 0 saturated carbocycles. The van der Waals surface area contributed by atoms with Crippen LogP contribution in [0.15, 0.2) is 223 Å². The maximum absolute atomic E-state index is 6.63. The molecule has 0 unspecified atom stereocenters. The predicted molar refractivity (Wildman–Crippen MR) is 264 cm³/mol. The lowest BCUT2D eigenvalue weighted by atomic mass is 10.0. The normalized spacial score (nSPS) is 11.9. The van der Waals surface area contributed by atoms with Crippen molar-refractivity contribution in [1.82, 2.24) is 4.57 Å². The van der Waals surface area contributed by atoms with Gasteiger partial charge in [0.25, 0.3) is 0 Å². The summed E-state index contributed by atoms with van der Waals surface area (Å²) in [5, 5.41) is 9.78. The number of furan rings is 1. The highest BCUT2D eigenvalue weighted by Crippen LogP contribution is 2.44. The molecule has 0 aliphatic heterocycles. The SMILES string of the molecule is c1ccc(-c2cccc3c2oc2ccc(N(c4ccc(-c5ccc6c7ccc8ccccc8c7n(-c7ccccc7)c6c5)cc4)c4ccc5c(c4)sc4ccccc45)cc23)cc1. The fraction of sp³-hybridized carbons (Fsp3) is 0. The summed E-state index contributed by atoms with van der Waals surface area (Å²) in [6.07, 6.45) is 0. The van der Waals surface area contributed by atoms with Gasteiger partial charge in [-0.1, -0.05) is 152 Å². The number of hydrogen-bond donors (Lipinski definition) is 0. The summed E-state index contributed by atoms with van der Waals surface area (Å²) in [4.78, 5) is 2.38. The number of anilines is 3. The maximum Gasteiger partial charge on any atom is 0.143 e. The Labute approximate surface area is 361 Å². The topological polar surface area (TPSA) is 21.3 Å². The van der Waals surface area contributed by atoms with Gasteiger partial charge < -0.3 is 13.9 Å². The molecule has 4 heteroatoms. The van der Waals surface area contributed by atoms with Crippen molar-refractivity contribution in [2.24, 2.45) is 0 Å². The lowest BCUT2D eigenvalue weighted by Gasteiger charge is -2.26. The van der Waals surface area contributed by atoms with Crippen LogP contribution >= 0.6 is 11.3 Å². The first kappa shape index (κ1) is 34.9. The Balaban J connectivity index is 0.966. The third-order valence-corrected chi connectivity index (χ3v) is 13.7. The van der Waals surface area contributed by atoms with Crippen LogP contribution in [0.5, 0.6) is 0 Å². The van der Waals surface area contributed by atoms with Gasteiger partial charge in [-0.25, -0.2) is 0 Å². The maximum atomic E-state index is 6.63. The van der Waals surface area contributed by atoms with Crippen molar-refractivity contribution < 1.29 is 4.42 Å². The molecule has 0 aliphatic carbocycles. The first-order chi connectivity index (χ1) is 30.7. The Bertz CT molecular complexity index is 3860. The van der Waals surface area contributed by atoms with Gasteiger partial charge in [0.05, 0.1) is 11.0 Å². The molecular formula is C58H36N2OS. The van der Waals surface area contributed by atoms with Gasteiger partial charge in [0.1, 0.15) is 11.2 Å². The number of rotatable bonds is 6. The highest BCUT2D eigenvalue weighted by molar-refractivity contribution is 7.25. The van der Waals surface area contributed by atoms with E-state index in [9.17, 15) is 0 Å². The van der Waals surface area contributed by atoms with Crippen LogP contribution in [0.4, 0.5) is 17.1 Å².